The molecule has 9 heteroatoms. The molecule has 1 N–H and O–H groups in total. The number of carbonyl (C=O) groups excluding carboxylic acids is 1. The number of nitrogens with zero attached hydrogens (tertiary/aromatic N) is 4. The zero-order valence-corrected chi connectivity index (χ0v) is 19.0. The number of anilines is 1. The number of ether oxygens (including phenoxy) is 1. The normalized spacial score (nSPS) is 10.7. The van der Waals surface area contributed by atoms with Gasteiger partial charge in [-0.1, -0.05) is 35.5 Å². The van der Waals surface area contributed by atoms with Crippen LogP contribution in [0.4, 0.5) is 5.69 Å². The molecule has 162 valence electrons. The summed E-state index contributed by atoms with van der Waals surface area (Å²) in [6.07, 6.45) is 1.70. The van der Waals surface area contributed by atoms with Gasteiger partial charge >= 0.3 is 0 Å². The number of pyridine rings is 1. The Bertz CT molecular complexity index is 1230. The number of hydrogen-bond acceptors (Lipinski definition) is 6. The van der Waals surface area contributed by atoms with Gasteiger partial charge in [-0.15, -0.1) is 10.2 Å². The van der Waals surface area contributed by atoms with Crippen LogP contribution >= 0.6 is 23.4 Å². The van der Waals surface area contributed by atoms with Crippen molar-refractivity contribution in [1.29, 1.82) is 0 Å². The van der Waals surface area contributed by atoms with Crippen molar-refractivity contribution in [2.24, 2.45) is 0 Å². The van der Waals surface area contributed by atoms with Crippen molar-refractivity contribution >= 4 is 35.0 Å². The average Bonchev–Trinajstić information content (AvgIpc) is 3.25. The molecular weight excluding hydrogens is 446 g/mol. The minimum Gasteiger partial charge on any atom is -0.497 e. The van der Waals surface area contributed by atoms with Crippen molar-refractivity contribution in [2.75, 3.05) is 18.2 Å². The van der Waals surface area contributed by atoms with Gasteiger partial charge in [-0.2, -0.15) is 0 Å². The Hall–Kier alpha value is -3.36. The molecule has 32 heavy (non-hydrogen) atoms. The first kappa shape index (κ1) is 21.9. The van der Waals surface area contributed by atoms with E-state index >= 15 is 0 Å². The second-order valence-corrected chi connectivity index (χ2v) is 8.15. The van der Waals surface area contributed by atoms with Crippen LogP contribution in [-0.4, -0.2) is 38.5 Å². The molecule has 1 amide bonds. The smallest absolute Gasteiger partial charge is 0.234 e. The Morgan fingerprint density at radius 2 is 1.91 bits per heavy atom. The molecule has 0 unspecified atom stereocenters. The molecule has 0 bridgehead atoms. The first-order valence-electron chi connectivity index (χ1n) is 9.76. The monoisotopic (exact) mass is 465 g/mol. The number of rotatable bonds is 7. The number of halogens is 1. The molecule has 2 heterocycles. The zero-order chi connectivity index (χ0) is 22.5. The molecule has 0 spiro atoms. The molecule has 0 aliphatic rings. The molecule has 2 aromatic carbocycles. The van der Waals surface area contributed by atoms with Gasteiger partial charge in [-0.25, -0.2) is 0 Å². The summed E-state index contributed by atoms with van der Waals surface area (Å²) in [7, 11) is 1.62. The molecular formula is C23H20ClN5O2S. The second-order valence-electron chi connectivity index (χ2n) is 6.80. The first-order chi connectivity index (χ1) is 15.6. The van der Waals surface area contributed by atoms with Crippen LogP contribution in [0.3, 0.4) is 0 Å². The Balaban J connectivity index is 1.60. The summed E-state index contributed by atoms with van der Waals surface area (Å²) in [5.41, 5.74) is 3.03. The lowest BCUT2D eigenvalue weighted by Gasteiger charge is -2.11. The van der Waals surface area contributed by atoms with Gasteiger partial charge in [0.25, 0.3) is 0 Å². The summed E-state index contributed by atoms with van der Waals surface area (Å²) < 4.78 is 7.14. The van der Waals surface area contributed by atoms with Crippen molar-refractivity contribution in [3.05, 3.63) is 77.4 Å². The predicted molar refractivity (Wildman–Crippen MR) is 127 cm³/mol. The van der Waals surface area contributed by atoms with Gasteiger partial charge in [0.2, 0.25) is 5.91 Å². The molecule has 2 aromatic heterocycles. The van der Waals surface area contributed by atoms with E-state index in [-0.39, 0.29) is 11.7 Å². The molecule has 7 nitrogen and oxygen atoms in total. The summed E-state index contributed by atoms with van der Waals surface area (Å²) in [6, 6.07) is 18.6. The van der Waals surface area contributed by atoms with Crippen molar-refractivity contribution in [2.45, 2.75) is 12.1 Å². The molecule has 0 aliphatic heterocycles. The number of benzene rings is 2. The SMILES string of the molecule is COc1ccc(-n2c(SCC(=O)Nc3cccc(Cl)c3C)nnc2-c2ccccn2)cc1. The summed E-state index contributed by atoms with van der Waals surface area (Å²) in [6.45, 7) is 1.87. The van der Waals surface area contributed by atoms with Crippen LogP contribution in [0.2, 0.25) is 5.02 Å². The van der Waals surface area contributed by atoms with Gasteiger partial charge in [-0.3, -0.25) is 14.3 Å². The highest BCUT2D eigenvalue weighted by molar-refractivity contribution is 7.99. The number of thioether (sulfide) groups is 1. The van der Waals surface area contributed by atoms with Crippen molar-refractivity contribution in [3.63, 3.8) is 0 Å². The maximum absolute atomic E-state index is 12.6. The van der Waals surface area contributed by atoms with Gasteiger partial charge in [0.15, 0.2) is 11.0 Å². The lowest BCUT2D eigenvalue weighted by molar-refractivity contribution is -0.113. The number of carbonyl (C=O) groups is 1. The van der Waals surface area contributed by atoms with Gasteiger partial charge in [0, 0.05) is 16.9 Å². The number of hydrogen-bond donors (Lipinski definition) is 1. The molecule has 0 radical (unpaired) electrons. The van der Waals surface area contributed by atoms with Gasteiger partial charge < -0.3 is 10.1 Å². The number of methoxy groups -OCH3 is 1. The van der Waals surface area contributed by atoms with Gasteiger partial charge in [0.1, 0.15) is 11.4 Å². The van der Waals surface area contributed by atoms with Crippen LogP contribution in [0.25, 0.3) is 17.2 Å². The fourth-order valence-corrected chi connectivity index (χ4v) is 3.97. The van der Waals surface area contributed by atoms with E-state index in [2.05, 4.69) is 20.5 Å². The van der Waals surface area contributed by atoms with E-state index in [0.717, 1.165) is 17.0 Å². The lowest BCUT2D eigenvalue weighted by Crippen LogP contribution is -2.15. The third kappa shape index (κ3) is 4.76. The molecule has 4 aromatic rings. The van der Waals surface area contributed by atoms with Crippen LogP contribution in [0, 0.1) is 6.92 Å². The van der Waals surface area contributed by atoms with E-state index in [1.807, 2.05) is 60.0 Å². The Morgan fingerprint density at radius 1 is 1.09 bits per heavy atom. The Morgan fingerprint density at radius 3 is 2.62 bits per heavy atom. The molecule has 4 rings (SSSR count). The number of nitrogens with one attached hydrogen (secondary N) is 1. The molecule has 0 saturated heterocycles. The van der Waals surface area contributed by atoms with Crippen LogP contribution in [0.15, 0.2) is 72.0 Å². The zero-order valence-electron chi connectivity index (χ0n) is 17.4. The predicted octanol–water partition coefficient (Wildman–Crippen LogP) is 5.03. The topological polar surface area (TPSA) is 81.9 Å². The van der Waals surface area contributed by atoms with Crippen LogP contribution < -0.4 is 10.1 Å². The quantitative estimate of drug-likeness (QED) is 0.385. The van der Waals surface area contributed by atoms with E-state index in [4.69, 9.17) is 16.3 Å². The highest BCUT2D eigenvalue weighted by atomic mass is 35.5. The maximum Gasteiger partial charge on any atom is 0.234 e. The third-order valence-corrected chi connectivity index (χ3v) is 6.07. The number of amides is 1. The van der Waals surface area contributed by atoms with Gasteiger partial charge in [0.05, 0.1) is 18.6 Å². The van der Waals surface area contributed by atoms with E-state index in [9.17, 15) is 4.79 Å². The van der Waals surface area contributed by atoms with E-state index < -0.39 is 0 Å². The fourth-order valence-electron chi connectivity index (χ4n) is 3.05. The van der Waals surface area contributed by atoms with Crippen molar-refractivity contribution < 1.29 is 9.53 Å². The number of aromatic nitrogens is 4. The largest absolute Gasteiger partial charge is 0.497 e. The lowest BCUT2D eigenvalue weighted by atomic mass is 10.2. The van der Waals surface area contributed by atoms with Crippen LogP contribution in [0.1, 0.15) is 5.56 Å². The highest BCUT2D eigenvalue weighted by Gasteiger charge is 2.18. The minimum absolute atomic E-state index is 0.155. The Labute approximate surface area is 194 Å². The first-order valence-corrected chi connectivity index (χ1v) is 11.1. The van der Waals surface area contributed by atoms with Crippen LogP contribution in [-0.2, 0) is 4.79 Å². The average molecular weight is 466 g/mol. The summed E-state index contributed by atoms with van der Waals surface area (Å²) >= 11 is 7.44. The standard InChI is InChI=1S/C23H20ClN5O2S/c1-15-18(24)6-5-8-19(15)26-21(30)14-32-23-28-27-22(20-7-3-4-13-25-20)29(23)16-9-11-17(31-2)12-10-16/h3-13H,14H2,1-2H3,(H,26,30). The second kappa shape index (κ2) is 9.84. The van der Waals surface area contributed by atoms with Crippen molar-refractivity contribution in [1.82, 2.24) is 19.7 Å². The summed E-state index contributed by atoms with van der Waals surface area (Å²) in [4.78, 5) is 17.0. The maximum atomic E-state index is 12.6. The van der Waals surface area contributed by atoms with Gasteiger partial charge in [-0.05, 0) is 61.0 Å². The molecule has 0 saturated carbocycles. The third-order valence-electron chi connectivity index (χ3n) is 4.73. The highest BCUT2D eigenvalue weighted by Crippen LogP contribution is 2.28. The van der Waals surface area contributed by atoms with Crippen LogP contribution in [0.5, 0.6) is 5.75 Å². The molecule has 0 aliphatic carbocycles. The fraction of sp³-hybridized carbons (Fsp3) is 0.130. The Kier molecular flexibility index (Phi) is 6.72. The minimum atomic E-state index is -0.163. The van der Waals surface area contributed by atoms with E-state index in [0.29, 0.717) is 27.4 Å². The molecule has 0 atom stereocenters. The van der Waals surface area contributed by atoms with E-state index in [1.165, 1.54) is 11.8 Å². The summed E-state index contributed by atoms with van der Waals surface area (Å²) in [5, 5.41) is 12.8. The molecule has 0 fully saturated rings. The van der Waals surface area contributed by atoms with Crippen molar-refractivity contribution in [3.8, 4) is 23.0 Å². The van der Waals surface area contributed by atoms with E-state index in [1.54, 1.807) is 25.4 Å². The summed E-state index contributed by atoms with van der Waals surface area (Å²) in [5.74, 6) is 1.32.